The summed E-state index contributed by atoms with van der Waals surface area (Å²) in [6.45, 7) is 6.84. The summed E-state index contributed by atoms with van der Waals surface area (Å²) >= 11 is 0. The van der Waals surface area contributed by atoms with Gasteiger partial charge in [-0.1, -0.05) is 12.1 Å². The second-order valence-electron chi connectivity index (χ2n) is 12.7. The first-order valence-electron chi connectivity index (χ1n) is 15.1. The van der Waals surface area contributed by atoms with Gasteiger partial charge >= 0.3 is 6.09 Å². The van der Waals surface area contributed by atoms with Gasteiger partial charge in [0, 0.05) is 30.4 Å². The van der Waals surface area contributed by atoms with Crippen molar-refractivity contribution in [2.24, 2.45) is 0 Å². The molecule has 1 aliphatic rings. The average Bonchev–Trinajstić information content (AvgIpc) is 3.71. The Balaban J connectivity index is 1.44. The van der Waals surface area contributed by atoms with Crippen LogP contribution >= 0.6 is 0 Å². The fourth-order valence-electron chi connectivity index (χ4n) is 5.44. The van der Waals surface area contributed by atoms with E-state index in [4.69, 9.17) is 4.74 Å². The van der Waals surface area contributed by atoms with E-state index in [1.165, 1.54) is 37.4 Å². The molecule has 0 spiro atoms. The maximum absolute atomic E-state index is 15.9. The lowest BCUT2D eigenvalue weighted by molar-refractivity contribution is 0.0285. The average molecular weight is 638 g/mol. The van der Waals surface area contributed by atoms with E-state index in [1.54, 1.807) is 51.2 Å². The number of nitrogens with zero attached hydrogens (tertiary/aromatic N) is 4. The number of halogens is 2. The summed E-state index contributed by atoms with van der Waals surface area (Å²) in [4.78, 5) is 45.5. The molecule has 240 valence electrons. The number of aryl methyl sites for hydroxylation is 1. The van der Waals surface area contributed by atoms with Gasteiger partial charge in [0.25, 0.3) is 11.8 Å². The highest BCUT2D eigenvalue weighted by atomic mass is 19.1. The Bertz CT molecular complexity index is 2030. The molecule has 0 atom stereocenters. The number of imide groups is 1. The summed E-state index contributed by atoms with van der Waals surface area (Å²) in [5.41, 5.74) is 1.84. The molecule has 1 saturated carbocycles. The Labute approximate surface area is 270 Å². The molecule has 0 aliphatic heterocycles. The molecule has 0 unspecified atom stereocenters. The van der Waals surface area contributed by atoms with Gasteiger partial charge in [-0.15, -0.1) is 0 Å². The molecule has 9 nitrogen and oxygen atoms in total. The number of carbonyl (C=O) groups is 3. The van der Waals surface area contributed by atoms with Crippen molar-refractivity contribution in [1.82, 2.24) is 24.8 Å². The van der Waals surface area contributed by atoms with Crippen molar-refractivity contribution in [3.8, 4) is 22.4 Å². The molecular formula is C36H33F2N5O4. The van der Waals surface area contributed by atoms with Gasteiger partial charge in [0.1, 0.15) is 17.1 Å². The third-order valence-electron chi connectivity index (χ3n) is 8.06. The highest BCUT2D eigenvalue weighted by Gasteiger charge is 2.47. The number of benzene rings is 2. The zero-order chi connectivity index (χ0) is 33.7. The van der Waals surface area contributed by atoms with Crippen LogP contribution in [0.15, 0.2) is 79.0 Å². The maximum Gasteiger partial charge on any atom is 0.417 e. The Morgan fingerprint density at radius 1 is 0.957 bits per heavy atom. The lowest BCUT2D eigenvalue weighted by Crippen LogP contribution is -2.38. The fraction of sp³-hybridized carbons (Fsp3) is 0.250. The van der Waals surface area contributed by atoms with Crippen LogP contribution in [-0.4, -0.2) is 50.1 Å². The normalized spacial score (nSPS) is 13.7. The Hall–Kier alpha value is -5.45. The van der Waals surface area contributed by atoms with Gasteiger partial charge < -0.3 is 10.1 Å². The molecule has 1 N–H and O–H groups in total. The van der Waals surface area contributed by atoms with Crippen LogP contribution in [0.4, 0.5) is 13.6 Å². The van der Waals surface area contributed by atoms with Gasteiger partial charge in [-0.2, -0.15) is 9.49 Å². The molecule has 5 aromatic rings. The number of carbonyl (C=O) groups excluding carboxylic acids is 3. The van der Waals surface area contributed by atoms with Gasteiger partial charge in [-0.25, -0.2) is 18.6 Å². The van der Waals surface area contributed by atoms with E-state index in [2.05, 4.69) is 15.4 Å². The first-order valence-corrected chi connectivity index (χ1v) is 15.1. The monoisotopic (exact) mass is 637 g/mol. The van der Waals surface area contributed by atoms with E-state index < -0.39 is 34.9 Å². The lowest BCUT2D eigenvalue weighted by Gasteiger charge is -2.23. The van der Waals surface area contributed by atoms with Crippen molar-refractivity contribution in [2.45, 2.75) is 51.7 Å². The molecule has 1 fully saturated rings. The predicted molar refractivity (Wildman–Crippen MR) is 172 cm³/mol. The third-order valence-corrected chi connectivity index (χ3v) is 8.06. The van der Waals surface area contributed by atoms with Gasteiger partial charge in [0.05, 0.1) is 22.3 Å². The number of hydrogen-bond donors (Lipinski definition) is 1. The third kappa shape index (κ3) is 6.20. The second-order valence-corrected chi connectivity index (χ2v) is 12.7. The summed E-state index contributed by atoms with van der Waals surface area (Å²) in [5.74, 6) is -2.38. The van der Waals surface area contributed by atoms with Gasteiger partial charge in [0.2, 0.25) is 5.95 Å². The summed E-state index contributed by atoms with van der Waals surface area (Å²) in [6, 6.07) is 18.8. The van der Waals surface area contributed by atoms with E-state index >= 15 is 4.39 Å². The summed E-state index contributed by atoms with van der Waals surface area (Å²) in [6.07, 6.45) is 2.32. The number of hydrogen-bond acceptors (Lipinski definition) is 6. The van der Waals surface area contributed by atoms with Crippen LogP contribution in [0.2, 0.25) is 0 Å². The number of ether oxygens (including phenoxy) is 1. The summed E-state index contributed by atoms with van der Waals surface area (Å²) < 4.78 is 36.1. The van der Waals surface area contributed by atoms with Gasteiger partial charge in [0.15, 0.2) is 0 Å². The summed E-state index contributed by atoms with van der Waals surface area (Å²) in [5, 5.41) is 7.50. The van der Waals surface area contributed by atoms with Crippen molar-refractivity contribution in [3.05, 3.63) is 113 Å². The molecule has 3 amide bonds. The minimum atomic E-state index is -0.905. The van der Waals surface area contributed by atoms with E-state index in [0.717, 1.165) is 33.5 Å². The first-order chi connectivity index (χ1) is 22.3. The largest absolute Gasteiger partial charge is 0.443 e. The quantitative estimate of drug-likeness (QED) is 0.200. The van der Waals surface area contributed by atoms with Gasteiger partial charge in [-0.3, -0.25) is 14.6 Å². The molecule has 2 aromatic carbocycles. The van der Waals surface area contributed by atoms with Crippen LogP contribution < -0.4 is 5.32 Å². The molecule has 3 heterocycles. The number of rotatable bonds is 6. The van der Waals surface area contributed by atoms with E-state index in [-0.39, 0.29) is 22.7 Å². The zero-order valence-electron chi connectivity index (χ0n) is 26.6. The number of pyridine rings is 2. The van der Waals surface area contributed by atoms with Crippen LogP contribution in [0.5, 0.6) is 0 Å². The van der Waals surface area contributed by atoms with Crippen molar-refractivity contribution in [3.63, 3.8) is 0 Å². The molecule has 3 aromatic heterocycles. The number of amides is 3. The van der Waals surface area contributed by atoms with Crippen molar-refractivity contribution in [2.75, 3.05) is 7.05 Å². The Morgan fingerprint density at radius 2 is 1.68 bits per heavy atom. The van der Waals surface area contributed by atoms with Crippen molar-refractivity contribution in [1.29, 1.82) is 0 Å². The Kier molecular flexibility index (Phi) is 7.87. The van der Waals surface area contributed by atoms with Crippen LogP contribution in [-0.2, 0) is 10.3 Å². The smallest absolute Gasteiger partial charge is 0.417 e. The standard InChI is InChI=1S/C36H33F2N5O4/c1-21-9-10-23(32(44)40-36(15-16-36)28-8-6-7-17-39-28)18-26(21)24-19-27-30(33(45)42(5)34(46)47-35(2,3)4)31(41-43(27)29(38)20-24)22-11-13-25(37)14-12-22/h6-14,17-20H,15-16H2,1-5H3,(H,40,44). The molecule has 11 heteroatoms. The molecular weight excluding hydrogens is 604 g/mol. The molecule has 6 rings (SSSR count). The Morgan fingerprint density at radius 3 is 2.32 bits per heavy atom. The van der Waals surface area contributed by atoms with Crippen LogP contribution in [0.1, 0.15) is 65.6 Å². The highest BCUT2D eigenvalue weighted by molar-refractivity contribution is 6.11. The molecule has 47 heavy (non-hydrogen) atoms. The van der Waals surface area contributed by atoms with Crippen LogP contribution in [0.3, 0.4) is 0 Å². The maximum atomic E-state index is 15.9. The highest BCUT2D eigenvalue weighted by Crippen LogP contribution is 2.44. The van der Waals surface area contributed by atoms with E-state index in [0.29, 0.717) is 22.3 Å². The summed E-state index contributed by atoms with van der Waals surface area (Å²) in [7, 11) is 1.26. The van der Waals surface area contributed by atoms with Gasteiger partial charge in [-0.05, 0) is 112 Å². The molecule has 0 saturated heterocycles. The molecule has 0 bridgehead atoms. The van der Waals surface area contributed by atoms with E-state index in [9.17, 15) is 18.8 Å². The molecule has 0 radical (unpaired) electrons. The van der Waals surface area contributed by atoms with Crippen LogP contribution in [0.25, 0.3) is 27.9 Å². The fourth-order valence-corrected chi connectivity index (χ4v) is 5.44. The second kappa shape index (κ2) is 11.7. The SMILES string of the molecule is Cc1ccc(C(=O)NC2(c3ccccn3)CC2)cc1-c1cc(F)n2nc(-c3ccc(F)cc3)c(C(=O)N(C)C(=O)OC(C)(C)C)c2c1. The van der Waals surface area contributed by atoms with Crippen molar-refractivity contribution >= 4 is 23.4 Å². The number of fused-ring (bicyclic) bond motifs is 1. The number of nitrogens with one attached hydrogen (secondary N) is 1. The minimum absolute atomic E-state index is 0.0514. The predicted octanol–water partition coefficient (Wildman–Crippen LogP) is 7.08. The van der Waals surface area contributed by atoms with E-state index in [1.807, 2.05) is 25.1 Å². The zero-order valence-corrected chi connectivity index (χ0v) is 26.6. The van der Waals surface area contributed by atoms with Crippen molar-refractivity contribution < 1.29 is 27.9 Å². The minimum Gasteiger partial charge on any atom is -0.443 e. The lowest BCUT2D eigenvalue weighted by atomic mass is 9.97. The number of aromatic nitrogens is 3. The topological polar surface area (TPSA) is 106 Å². The first kappa shape index (κ1) is 31.5. The van der Waals surface area contributed by atoms with Crippen LogP contribution in [0, 0.1) is 18.7 Å². The molecule has 1 aliphatic carbocycles.